The first-order valence-corrected chi connectivity index (χ1v) is 7.63. The summed E-state index contributed by atoms with van der Waals surface area (Å²) < 4.78 is 11.1. The topological polar surface area (TPSA) is 60.2 Å². The van der Waals surface area contributed by atoms with E-state index in [4.69, 9.17) is 9.26 Å². The second-order valence-corrected chi connectivity index (χ2v) is 5.79. The summed E-state index contributed by atoms with van der Waals surface area (Å²) in [5.74, 6) is 1.45. The predicted octanol–water partition coefficient (Wildman–Crippen LogP) is 2.18. The smallest absolute Gasteiger partial charge is 0.244 e. The fraction of sp³-hybridized carbons (Fsp3) is 0.500. The first-order valence-electron chi connectivity index (χ1n) is 7.63. The average molecular weight is 285 g/mol. The third kappa shape index (κ3) is 2.71. The van der Waals surface area contributed by atoms with E-state index in [1.165, 1.54) is 11.1 Å². The first kappa shape index (κ1) is 13.0. The van der Waals surface area contributed by atoms with Crippen LogP contribution in [-0.2, 0) is 24.1 Å². The Labute approximate surface area is 123 Å². The highest BCUT2D eigenvalue weighted by Crippen LogP contribution is 2.25. The van der Waals surface area contributed by atoms with Gasteiger partial charge in [-0.3, -0.25) is 0 Å². The standard InChI is InChI=1S/C16H19N3O2/c1-2-5-12-10-17-14(8-11(12)4-1)16-18-15(19-21-16)9-13-6-3-7-20-13/h1-2,4-5,13-14,17H,3,6-10H2. The van der Waals surface area contributed by atoms with E-state index < -0.39 is 0 Å². The summed E-state index contributed by atoms with van der Waals surface area (Å²) in [4.78, 5) is 4.55. The van der Waals surface area contributed by atoms with E-state index in [9.17, 15) is 0 Å². The predicted molar refractivity (Wildman–Crippen MR) is 76.7 cm³/mol. The maximum Gasteiger partial charge on any atom is 0.244 e. The summed E-state index contributed by atoms with van der Waals surface area (Å²) in [6.07, 6.45) is 4.15. The van der Waals surface area contributed by atoms with Gasteiger partial charge in [0.2, 0.25) is 5.89 Å². The molecule has 2 aliphatic rings. The lowest BCUT2D eigenvalue weighted by molar-refractivity contribution is 0.109. The van der Waals surface area contributed by atoms with Gasteiger partial charge in [-0.1, -0.05) is 29.4 Å². The molecule has 5 heteroatoms. The van der Waals surface area contributed by atoms with Crippen LogP contribution in [0.25, 0.3) is 0 Å². The van der Waals surface area contributed by atoms with Gasteiger partial charge in [0.05, 0.1) is 12.1 Å². The highest BCUT2D eigenvalue weighted by Gasteiger charge is 2.25. The van der Waals surface area contributed by atoms with Crippen molar-refractivity contribution in [1.82, 2.24) is 15.5 Å². The van der Waals surface area contributed by atoms with Crippen LogP contribution in [-0.4, -0.2) is 22.9 Å². The van der Waals surface area contributed by atoms with Crippen LogP contribution in [0.2, 0.25) is 0 Å². The molecule has 2 aliphatic heterocycles. The largest absolute Gasteiger partial charge is 0.378 e. The molecule has 0 amide bonds. The first-order chi connectivity index (χ1) is 10.4. The molecule has 1 aromatic carbocycles. The molecule has 21 heavy (non-hydrogen) atoms. The zero-order valence-corrected chi connectivity index (χ0v) is 11.9. The molecule has 110 valence electrons. The van der Waals surface area contributed by atoms with Crippen LogP contribution in [0.15, 0.2) is 28.8 Å². The van der Waals surface area contributed by atoms with Crippen LogP contribution in [0.1, 0.15) is 41.7 Å². The van der Waals surface area contributed by atoms with Gasteiger partial charge >= 0.3 is 0 Å². The van der Waals surface area contributed by atoms with Gasteiger partial charge in [-0.05, 0) is 30.4 Å². The lowest BCUT2D eigenvalue weighted by Crippen LogP contribution is -2.28. The normalized spacial score (nSPS) is 25.0. The second-order valence-electron chi connectivity index (χ2n) is 5.79. The zero-order chi connectivity index (χ0) is 14.1. The van der Waals surface area contributed by atoms with E-state index in [0.29, 0.717) is 5.89 Å². The molecule has 5 nitrogen and oxygen atoms in total. The second kappa shape index (κ2) is 5.58. The molecule has 2 unspecified atom stereocenters. The summed E-state index contributed by atoms with van der Waals surface area (Å²) in [6.45, 7) is 1.71. The Balaban J connectivity index is 1.46. The molecular formula is C16H19N3O2. The fourth-order valence-electron chi connectivity index (χ4n) is 3.13. The molecular weight excluding hydrogens is 266 g/mol. The van der Waals surface area contributed by atoms with Crippen LogP contribution in [0, 0.1) is 0 Å². The lowest BCUT2D eigenvalue weighted by atomic mass is 9.96. The third-order valence-corrected chi connectivity index (χ3v) is 4.30. The molecule has 4 rings (SSSR count). The molecule has 2 aromatic rings. The van der Waals surface area contributed by atoms with Crippen molar-refractivity contribution in [1.29, 1.82) is 0 Å². The van der Waals surface area contributed by atoms with Crippen LogP contribution < -0.4 is 5.32 Å². The van der Waals surface area contributed by atoms with E-state index in [-0.39, 0.29) is 12.1 Å². The molecule has 0 spiro atoms. The van der Waals surface area contributed by atoms with Crippen LogP contribution in [0.4, 0.5) is 0 Å². The van der Waals surface area contributed by atoms with E-state index >= 15 is 0 Å². The number of nitrogens with zero attached hydrogens (tertiary/aromatic N) is 2. The highest BCUT2D eigenvalue weighted by atomic mass is 16.5. The lowest BCUT2D eigenvalue weighted by Gasteiger charge is -2.23. The van der Waals surface area contributed by atoms with Crippen LogP contribution in [0.3, 0.4) is 0 Å². The fourth-order valence-corrected chi connectivity index (χ4v) is 3.13. The van der Waals surface area contributed by atoms with Crippen molar-refractivity contribution in [2.75, 3.05) is 6.61 Å². The van der Waals surface area contributed by atoms with Gasteiger partial charge in [-0.25, -0.2) is 0 Å². The summed E-state index contributed by atoms with van der Waals surface area (Å²) in [5, 5.41) is 7.58. The highest BCUT2D eigenvalue weighted by molar-refractivity contribution is 5.30. The Morgan fingerprint density at radius 2 is 2.14 bits per heavy atom. The van der Waals surface area contributed by atoms with Crippen LogP contribution in [0.5, 0.6) is 0 Å². The Hall–Kier alpha value is -1.72. The van der Waals surface area contributed by atoms with E-state index in [0.717, 1.165) is 44.7 Å². The Morgan fingerprint density at radius 3 is 3.00 bits per heavy atom. The number of hydrogen-bond donors (Lipinski definition) is 1. The summed E-state index contributed by atoms with van der Waals surface area (Å²) in [7, 11) is 0. The average Bonchev–Trinajstić information content (AvgIpc) is 3.19. The van der Waals surface area contributed by atoms with Gasteiger partial charge in [-0.15, -0.1) is 0 Å². The molecule has 1 aromatic heterocycles. The zero-order valence-electron chi connectivity index (χ0n) is 11.9. The molecule has 2 atom stereocenters. The number of hydrogen-bond acceptors (Lipinski definition) is 5. The molecule has 1 N–H and O–H groups in total. The third-order valence-electron chi connectivity index (χ3n) is 4.30. The van der Waals surface area contributed by atoms with E-state index in [2.05, 4.69) is 39.7 Å². The number of fused-ring (bicyclic) bond motifs is 1. The van der Waals surface area contributed by atoms with Crippen molar-refractivity contribution < 1.29 is 9.26 Å². The van der Waals surface area contributed by atoms with Crippen molar-refractivity contribution in [2.24, 2.45) is 0 Å². The number of rotatable bonds is 3. The molecule has 0 aliphatic carbocycles. The molecule has 1 saturated heterocycles. The summed E-state index contributed by atoms with van der Waals surface area (Å²) >= 11 is 0. The van der Waals surface area contributed by atoms with Gasteiger partial charge in [0.15, 0.2) is 5.82 Å². The number of benzene rings is 1. The maximum atomic E-state index is 5.62. The Kier molecular flexibility index (Phi) is 3.45. The Bertz CT molecular complexity index is 619. The molecule has 3 heterocycles. The quantitative estimate of drug-likeness (QED) is 0.936. The minimum atomic E-state index is 0.116. The van der Waals surface area contributed by atoms with Crippen molar-refractivity contribution in [3.63, 3.8) is 0 Å². The SMILES string of the molecule is c1ccc2c(c1)CNC(c1nc(CC3CCCO3)no1)C2. The van der Waals surface area contributed by atoms with E-state index in [1.54, 1.807) is 0 Å². The number of aromatic nitrogens is 2. The van der Waals surface area contributed by atoms with Crippen molar-refractivity contribution >= 4 is 0 Å². The van der Waals surface area contributed by atoms with Crippen molar-refractivity contribution in [2.45, 2.75) is 44.4 Å². The summed E-state index contributed by atoms with van der Waals surface area (Å²) in [5.41, 5.74) is 2.72. The van der Waals surface area contributed by atoms with Gasteiger partial charge in [-0.2, -0.15) is 4.98 Å². The van der Waals surface area contributed by atoms with Gasteiger partial charge in [0.25, 0.3) is 0 Å². The van der Waals surface area contributed by atoms with Crippen LogP contribution >= 0.6 is 0 Å². The number of ether oxygens (including phenoxy) is 1. The van der Waals surface area contributed by atoms with Gasteiger partial charge < -0.3 is 14.6 Å². The number of nitrogens with one attached hydrogen (secondary N) is 1. The minimum Gasteiger partial charge on any atom is -0.378 e. The maximum absolute atomic E-state index is 5.62. The van der Waals surface area contributed by atoms with Crippen molar-refractivity contribution in [3.05, 3.63) is 47.1 Å². The Morgan fingerprint density at radius 1 is 1.24 bits per heavy atom. The molecule has 1 fully saturated rings. The van der Waals surface area contributed by atoms with E-state index in [1.807, 2.05) is 0 Å². The van der Waals surface area contributed by atoms with Gasteiger partial charge in [0.1, 0.15) is 0 Å². The monoisotopic (exact) mass is 285 g/mol. The molecule has 0 radical (unpaired) electrons. The summed E-state index contributed by atoms with van der Waals surface area (Å²) in [6, 6.07) is 8.61. The minimum absolute atomic E-state index is 0.116. The molecule has 0 saturated carbocycles. The van der Waals surface area contributed by atoms with Crippen molar-refractivity contribution in [3.8, 4) is 0 Å². The van der Waals surface area contributed by atoms with Gasteiger partial charge in [0, 0.05) is 19.6 Å². The molecule has 0 bridgehead atoms.